The summed E-state index contributed by atoms with van der Waals surface area (Å²) < 4.78 is 0. The fourth-order valence-corrected chi connectivity index (χ4v) is 10.2. The van der Waals surface area contributed by atoms with E-state index < -0.39 is 0 Å². The Labute approximate surface area is 370 Å². The number of hydrogen-bond acceptors (Lipinski definition) is 2. The molecule has 0 amide bonds. The summed E-state index contributed by atoms with van der Waals surface area (Å²) in [7, 11) is 0. The summed E-state index contributed by atoms with van der Waals surface area (Å²) in [4.78, 5) is 10.3. The predicted octanol–water partition coefficient (Wildman–Crippen LogP) is 16.8. The van der Waals surface area contributed by atoms with E-state index in [0.717, 1.165) is 44.8 Å². The molecule has 0 aliphatic carbocycles. The third-order valence-electron chi connectivity index (χ3n) is 13.2. The molecule has 296 valence electrons. The van der Waals surface area contributed by atoms with E-state index in [2.05, 4.69) is 212 Å². The minimum Gasteiger partial charge on any atom is -0.228 e. The fraction of sp³-hybridized carbons (Fsp3) is 0. The van der Waals surface area contributed by atoms with Crippen molar-refractivity contribution in [2.45, 2.75) is 0 Å². The topological polar surface area (TPSA) is 25.8 Å². The van der Waals surface area contributed by atoms with Gasteiger partial charge >= 0.3 is 0 Å². The lowest BCUT2D eigenvalue weighted by molar-refractivity contribution is 1.18. The molecule has 0 N–H and O–H groups in total. The molecule has 0 aliphatic rings. The van der Waals surface area contributed by atoms with Gasteiger partial charge in [-0.15, -0.1) is 0 Å². The van der Waals surface area contributed by atoms with E-state index >= 15 is 0 Å². The molecule has 2 nitrogen and oxygen atoms in total. The van der Waals surface area contributed by atoms with Crippen LogP contribution in [0.5, 0.6) is 0 Å². The molecule has 0 radical (unpaired) electrons. The highest BCUT2D eigenvalue weighted by Crippen LogP contribution is 2.45. The first-order valence-electron chi connectivity index (χ1n) is 22.0. The monoisotopic (exact) mass is 810 g/mol. The molecule has 0 unspecified atom stereocenters. The van der Waals surface area contributed by atoms with Crippen LogP contribution in [0, 0.1) is 0 Å². The Morgan fingerprint density at radius 1 is 0.219 bits per heavy atom. The van der Waals surface area contributed by atoms with Crippen LogP contribution in [-0.2, 0) is 0 Å². The van der Waals surface area contributed by atoms with Crippen LogP contribution in [0.3, 0.4) is 0 Å². The summed E-state index contributed by atoms with van der Waals surface area (Å²) in [6, 6.07) is 83.6. The molecule has 0 fully saturated rings. The van der Waals surface area contributed by atoms with Gasteiger partial charge in [-0.25, -0.2) is 9.97 Å². The van der Waals surface area contributed by atoms with Gasteiger partial charge in [-0.2, -0.15) is 0 Å². The van der Waals surface area contributed by atoms with Crippen LogP contribution in [0.2, 0.25) is 0 Å². The minimum absolute atomic E-state index is 0.705. The molecule has 0 saturated heterocycles. The van der Waals surface area contributed by atoms with E-state index in [1.165, 1.54) is 81.3 Å². The smallest absolute Gasteiger partial charge is 0.160 e. The normalized spacial score (nSPS) is 11.8. The first-order valence-corrected chi connectivity index (χ1v) is 22.0. The second-order valence-electron chi connectivity index (χ2n) is 16.9. The number of fused-ring (bicyclic) bond motifs is 2. The second-order valence-corrected chi connectivity index (χ2v) is 16.9. The molecule has 64 heavy (non-hydrogen) atoms. The average molecular weight is 811 g/mol. The minimum atomic E-state index is 0.705. The molecule has 1 aromatic heterocycles. The highest BCUT2D eigenvalue weighted by molar-refractivity contribution is 6.37. The molecule has 1 heterocycles. The van der Waals surface area contributed by atoms with Gasteiger partial charge in [0.1, 0.15) is 0 Å². The highest BCUT2D eigenvalue weighted by Gasteiger charge is 2.18. The molecule has 0 atom stereocenters. The van der Waals surface area contributed by atoms with Crippen molar-refractivity contribution < 1.29 is 0 Å². The van der Waals surface area contributed by atoms with Crippen molar-refractivity contribution in [3.8, 4) is 67.3 Å². The summed E-state index contributed by atoms with van der Waals surface area (Å²) in [5.74, 6) is 0.705. The van der Waals surface area contributed by atoms with Crippen molar-refractivity contribution in [2.24, 2.45) is 0 Å². The van der Waals surface area contributed by atoms with Gasteiger partial charge in [0.25, 0.3) is 0 Å². The quantitative estimate of drug-likeness (QED) is 0.156. The SMILES string of the molecule is c1ccc(-c2nc(-c3ccc(-c4ccc(-c5cc6ccc7cccc8c9cccc%10ccc%11cccc(c(c5)c6c78)c%11c%109)cc4)cc3)cc(-c3ccccc3-c3ccccc3)n2)cc1. The maximum atomic E-state index is 5.15. The van der Waals surface area contributed by atoms with Gasteiger partial charge in [-0.3, -0.25) is 0 Å². The summed E-state index contributed by atoms with van der Waals surface area (Å²) in [5, 5.41) is 15.5. The van der Waals surface area contributed by atoms with E-state index in [1.807, 2.05) is 18.2 Å². The Morgan fingerprint density at radius 2 is 0.656 bits per heavy atom. The van der Waals surface area contributed by atoms with Crippen LogP contribution in [0.1, 0.15) is 0 Å². The lowest BCUT2D eigenvalue weighted by Gasteiger charge is -2.17. The largest absolute Gasteiger partial charge is 0.228 e. The molecule has 0 bridgehead atoms. The zero-order chi connectivity index (χ0) is 42.1. The highest BCUT2D eigenvalue weighted by atomic mass is 14.9. The lowest BCUT2D eigenvalue weighted by atomic mass is 9.86. The zero-order valence-electron chi connectivity index (χ0n) is 34.8. The Balaban J connectivity index is 0.904. The maximum absolute atomic E-state index is 5.15. The number of aromatic nitrogens is 2. The summed E-state index contributed by atoms with van der Waals surface area (Å²) in [6.45, 7) is 0. The molecule has 12 aromatic carbocycles. The van der Waals surface area contributed by atoms with Crippen LogP contribution in [0.25, 0.3) is 132 Å². The van der Waals surface area contributed by atoms with Crippen molar-refractivity contribution in [3.05, 3.63) is 231 Å². The standard InChI is InChI=1S/C62H38N2/c1-3-12-42(13-4-1)50-19-7-8-20-51(50)57-38-56(63-62(64-57)47-14-5-2-6-15-47)43-30-28-40(29-31-43)39-24-26-41(27-25-39)49-36-48-35-34-46-17-10-22-53-52-21-9-16-44-32-33-45-18-11-23-54(60(45)58(44)52)55(37-49)61(48)59(46)53/h1-38H. The first kappa shape index (κ1) is 36.2. The molecular formula is C62H38N2. The maximum Gasteiger partial charge on any atom is 0.160 e. The van der Waals surface area contributed by atoms with E-state index in [1.54, 1.807) is 0 Å². The molecule has 2 heteroatoms. The number of hydrogen-bond donors (Lipinski definition) is 0. The number of nitrogens with zero attached hydrogens (tertiary/aromatic N) is 2. The molecule has 13 aromatic rings. The van der Waals surface area contributed by atoms with Crippen molar-refractivity contribution in [3.63, 3.8) is 0 Å². The van der Waals surface area contributed by atoms with Gasteiger partial charge in [0.05, 0.1) is 11.4 Å². The molecule has 0 saturated carbocycles. The Kier molecular flexibility index (Phi) is 8.25. The molecular weight excluding hydrogens is 773 g/mol. The van der Waals surface area contributed by atoms with Crippen LogP contribution in [0.15, 0.2) is 231 Å². The average Bonchev–Trinajstić information content (AvgIpc) is 3.37. The second kappa shape index (κ2) is 14.6. The number of rotatable bonds is 6. The van der Waals surface area contributed by atoms with Gasteiger partial charge in [0.2, 0.25) is 0 Å². The summed E-state index contributed by atoms with van der Waals surface area (Å²) in [5.41, 5.74) is 11.9. The van der Waals surface area contributed by atoms with E-state index in [0.29, 0.717) is 5.82 Å². The van der Waals surface area contributed by atoms with E-state index in [4.69, 9.17) is 9.97 Å². The van der Waals surface area contributed by atoms with Crippen LogP contribution < -0.4 is 0 Å². The fourth-order valence-electron chi connectivity index (χ4n) is 10.2. The van der Waals surface area contributed by atoms with Crippen molar-refractivity contribution in [1.29, 1.82) is 0 Å². The molecule has 13 rings (SSSR count). The summed E-state index contributed by atoms with van der Waals surface area (Å²) >= 11 is 0. The number of benzene rings is 11. The zero-order valence-corrected chi connectivity index (χ0v) is 34.8. The van der Waals surface area contributed by atoms with Crippen LogP contribution in [-0.4, -0.2) is 9.97 Å². The Bertz CT molecular complexity index is 3900. The summed E-state index contributed by atoms with van der Waals surface area (Å²) in [6.07, 6.45) is 0. The van der Waals surface area contributed by atoms with Crippen molar-refractivity contribution in [2.75, 3.05) is 0 Å². The first-order chi connectivity index (χ1) is 31.7. The van der Waals surface area contributed by atoms with Gasteiger partial charge in [-0.1, -0.05) is 212 Å². The Hall–Kier alpha value is -8.46. The Morgan fingerprint density at radius 3 is 1.23 bits per heavy atom. The van der Waals surface area contributed by atoms with Gasteiger partial charge in [0, 0.05) is 16.7 Å². The van der Waals surface area contributed by atoms with Gasteiger partial charge < -0.3 is 0 Å². The van der Waals surface area contributed by atoms with E-state index in [9.17, 15) is 0 Å². The predicted molar refractivity (Wildman–Crippen MR) is 271 cm³/mol. The van der Waals surface area contributed by atoms with Gasteiger partial charge in [0.15, 0.2) is 5.82 Å². The van der Waals surface area contributed by atoms with Crippen LogP contribution >= 0.6 is 0 Å². The van der Waals surface area contributed by atoms with Crippen LogP contribution in [0.4, 0.5) is 0 Å². The van der Waals surface area contributed by atoms with E-state index in [-0.39, 0.29) is 0 Å². The molecule has 0 aliphatic heterocycles. The molecule has 0 spiro atoms. The van der Waals surface area contributed by atoms with Crippen molar-refractivity contribution >= 4 is 64.6 Å². The van der Waals surface area contributed by atoms with Gasteiger partial charge in [-0.05, 0) is 116 Å². The van der Waals surface area contributed by atoms with Crippen molar-refractivity contribution in [1.82, 2.24) is 9.97 Å². The third-order valence-corrected chi connectivity index (χ3v) is 13.2. The third kappa shape index (κ3) is 5.88. The lowest BCUT2D eigenvalue weighted by Crippen LogP contribution is -1.97.